The smallest absolute Gasteiger partial charge is 0.233 e. The van der Waals surface area contributed by atoms with Gasteiger partial charge in [-0.1, -0.05) is 61.4 Å². The second kappa shape index (κ2) is 9.37. The topological polar surface area (TPSA) is 58.1 Å². The summed E-state index contributed by atoms with van der Waals surface area (Å²) in [6, 6.07) is 8.73. The van der Waals surface area contributed by atoms with E-state index in [1.54, 1.807) is 0 Å². The Hall–Kier alpha value is -1.60. The molecule has 140 valence electrons. The Morgan fingerprint density at radius 2 is 1.96 bits per heavy atom. The molecular weight excluding hydrogens is 364 g/mol. The summed E-state index contributed by atoms with van der Waals surface area (Å²) in [5, 5.41) is 12.4. The fourth-order valence-electron chi connectivity index (χ4n) is 3.16. The highest BCUT2D eigenvalue weighted by atomic mass is 32.2. The molecule has 0 unspecified atom stereocenters. The number of thioether (sulfide) groups is 1. The number of nitrogens with one attached hydrogen (secondary N) is 1. The molecule has 1 N–H and O–H groups in total. The van der Waals surface area contributed by atoms with Crippen molar-refractivity contribution in [1.29, 1.82) is 0 Å². The highest BCUT2D eigenvalue weighted by Gasteiger charge is 2.22. The Labute approximate surface area is 163 Å². The van der Waals surface area contributed by atoms with Crippen LogP contribution in [0.15, 0.2) is 28.6 Å². The lowest BCUT2D eigenvalue weighted by Crippen LogP contribution is -2.39. The SMILES string of the molecule is CCc1ccc(Nc2nnc(SCC(=O)N(C)C3CCCCC3)s2)cc1. The fourth-order valence-corrected chi connectivity index (χ4v) is 4.86. The van der Waals surface area contributed by atoms with E-state index in [1.807, 2.05) is 11.9 Å². The van der Waals surface area contributed by atoms with Crippen LogP contribution >= 0.6 is 23.1 Å². The highest BCUT2D eigenvalue weighted by Crippen LogP contribution is 2.29. The summed E-state index contributed by atoms with van der Waals surface area (Å²) in [6.45, 7) is 2.14. The van der Waals surface area contributed by atoms with Crippen molar-refractivity contribution in [3.05, 3.63) is 29.8 Å². The number of amides is 1. The maximum absolute atomic E-state index is 12.4. The normalized spacial score (nSPS) is 15.0. The van der Waals surface area contributed by atoms with E-state index in [9.17, 15) is 4.79 Å². The minimum atomic E-state index is 0.182. The van der Waals surface area contributed by atoms with E-state index >= 15 is 0 Å². The highest BCUT2D eigenvalue weighted by molar-refractivity contribution is 8.01. The molecule has 5 nitrogen and oxygen atoms in total. The number of hydrogen-bond acceptors (Lipinski definition) is 6. The molecule has 0 radical (unpaired) electrons. The van der Waals surface area contributed by atoms with Gasteiger partial charge in [-0.2, -0.15) is 0 Å². The fraction of sp³-hybridized carbons (Fsp3) is 0.526. The third-order valence-corrected chi connectivity index (χ3v) is 6.81. The van der Waals surface area contributed by atoms with Crippen molar-refractivity contribution in [3.8, 4) is 0 Å². The van der Waals surface area contributed by atoms with Gasteiger partial charge in [-0.3, -0.25) is 4.79 Å². The minimum Gasteiger partial charge on any atom is -0.342 e. The van der Waals surface area contributed by atoms with E-state index in [4.69, 9.17) is 0 Å². The zero-order valence-corrected chi connectivity index (χ0v) is 17.0. The van der Waals surface area contributed by atoms with Gasteiger partial charge < -0.3 is 10.2 Å². The van der Waals surface area contributed by atoms with Crippen molar-refractivity contribution >= 4 is 39.8 Å². The first-order chi connectivity index (χ1) is 12.7. The van der Waals surface area contributed by atoms with E-state index in [-0.39, 0.29) is 5.91 Å². The Morgan fingerprint density at radius 3 is 2.65 bits per heavy atom. The number of nitrogens with zero attached hydrogens (tertiary/aromatic N) is 3. The summed E-state index contributed by atoms with van der Waals surface area (Å²) in [5.74, 6) is 0.606. The second-order valence-electron chi connectivity index (χ2n) is 6.63. The lowest BCUT2D eigenvalue weighted by molar-refractivity contribution is -0.129. The number of hydrogen-bond donors (Lipinski definition) is 1. The summed E-state index contributed by atoms with van der Waals surface area (Å²) < 4.78 is 0.822. The number of carbonyl (C=O) groups excluding carboxylic acids is 1. The molecule has 0 aliphatic heterocycles. The summed E-state index contributed by atoms with van der Waals surface area (Å²) in [6.07, 6.45) is 7.08. The van der Waals surface area contributed by atoms with Crippen LogP contribution in [0.5, 0.6) is 0 Å². The number of carbonyl (C=O) groups is 1. The lowest BCUT2D eigenvalue weighted by atomic mass is 9.94. The first kappa shape index (κ1) is 19.2. The van der Waals surface area contributed by atoms with Crippen LogP contribution in [0.1, 0.15) is 44.6 Å². The number of aryl methyl sites for hydroxylation is 1. The van der Waals surface area contributed by atoms with Gasteiger partial charge in [0.05, 0.1) is 5.75 Å². The molecule has 1 amide bonds. The summed E-state index contributed by atoms with van der Waals surface area (Å²) in [5.41, 5.74) is 2.31. The average molecular weight is 391 g/mol. The molecule has 1 heterocycles. The van der Waals surface area contributed by atoms with Crippen LogP contribution in [0.25, 0.3) is 0 Å². The standard InChI is InChI=1S/C19H26N4OS2/c1-3-14-9-11-15(12-10-14)20-18-21-22-19(26-18)25-13-17(24)23(2)16-7-5-4-6-8-16/h9-12,16H,3-8,13H2,1-2H3,(H,20,21). The van der Waals surface area contributed by atoms with Crippen LogP contribution in [-0.4, -0.2) is 39.8 Å². The third-order valence-electron chi connectivity index (χ3n) is 4.85. The molecule has 2 aromatic rings. The number of anilines is 2. The molecule has 0 saturated heterocycles. The second-order valence-corrected chi connectivity index (χ2v) is 8.83. The lowest BCUT2D eigenvalue weighted by Gasteiger charge is -2.31. The maximum atomic E-state index is 12.4. The molecule has 1 aromatic heterocycles. The zero-order chi connectivity index (χ0) is 18.4. The van der Waals surface area contributed by atoms with E-state index in [1.165, 1.54) is 47.9 Å². The molecule has 0 spiro atoms. The first-order valence-electron chi connectivity index (χ1n) is 9.23. The zero-order valence-electron chi connectivity index (χ0n) is 15.4. The predicted molar refractivity (Wildman–Crippen MR) is 109 cm³/mol. The Morgan fingerprint density at radius 1 is 1.23 bits per heavy atom. The van der Waals surface area contributed by atoms with E-state index in [0.717, 1.165) is 34.4 Å². The van der Waals surface area contributed by atoms with Crippen molar-refractivity contribution in [2.24, 2.45) is 0 Å². The Balaban J connectivity index is 1.49. The van der Waals surface area contributed by atoms with E-state index in [2.05, 4.69) is 46.7 Å². The van der Waals surface area contributed by atoms with Crippen LogP contribution in [0.3, 0.4) is 0 Å². The van der Waals surface area contributed by atoms with Crippen LogP contribution in [0, 0.1) is 0 Å². The average Bonchev–Trinajstić information content (AvgIpc) is 3.14. The molecule has 26 heavy (non-hydrogen) atoms. The first-order valence-corrected chi connectivity index (χ1v) is 11.0. The van der Waals surface area contributed by atoms with Crippen molar-refractivity contribution in [3.63, 3.8) is 0 Å². The van der Waals surface area contributed by atoms with Crippen LogP contribution in [0.2, 0.25) is 0 Å². The van der Waals surface area contributed by atoms with Crippen LogP contribution < -0.4 is 5.32 Å². The molecule has 0 atom stereocenters. The largest absolute Gasteiger partial charge is 0.342 e. The summed E-state index contributed by atoms with van der Waals surface area (Å²) in [4.78, 5) is 14.4. The van der Waals surface area contributed by atoms with Gasteiger partial charge in [0.1, 0.15) is 0 Å². The molecule has 1 fully saturated rings. The molecule has 1 aliphatic carbocycles. The monoisotopic (exact) mass is 390 g/mol. The minimum absolute atomic E-state index is 0.182. The molecular formula is C19H26N4OS2. The van der Waals surface area contributed by atoms with Gasteiger partial charge in [-0.05, 0) is 37.0 Å². The maximum Gasteiger partial charge on any atom is 0.233 e. The van der Waals surface area contributed by atoms with Gasteiger partial charge in [0.2, 0.25) is 11.0 Å². The van der Waals surface area contributed by atoms with Crippen molar-refractivity contribution in [2.45, 2.75) is 55.8 Å². The van der Waals surface area contributed by atoms with Crippen LogP contribution in [0.4, 0.5) is 10.8 Å². The molecule has 7 heteroatoms. The molecule has 1 saturated carbocycles. The van der Waals surface area contributed by atoms with Crippen molar-refractivity contribution in [2.75, 3.05) is 18.1 Å². The number of benzene rings is 1. The molecule has 3 rings (SSSR count). The van der Waals surface area contributed by atoms with Gasteiger partial charge in [-0.25, -0.2) is 0 Å². The number of rotatable bonds is 7. The van der Waals surface area contributed by atoms with Gasteiger partial charge in [0.25, 0.3) is 0 Å². The third kappa shape index (κ3) is 5.20. The van der Waals surface area contributed by atoms with Gasteiger partial charge in [-0.15, -0.1) is 10.2 Å². The molecule has 0 bridgehead atoms. The Kier molecular flexibility index (Phi) is 6.91. The summed E-state index contributed by atoms with van der Waals surface area (Å²) in [7, 11) is 1.94. The van der Waals surface area contributed by atoms with Crippen molar-refractivity contribution in [1.82, 2.24) is 15.1 Å². The van der Waals surface area contributed by atoms with Gasteiger partial charge in [0.15, 0.2) is 4.34 Å². The summed E-state index contributed by atoms with van der Waals surface area (Å²) >= 11 is 2.96. The van der Waals surface area contributed by atoms with Crippen molar-refractivity contribution < 1.29 is 4.79 Å². The quantitative estimate of drug-likeness (QED) is 0.693. The predicted octanol–water partition coefficient (Wildman–Crippen LogP) is 4.73. The molecule has 1 aliphatic rings. The Bertz CT molecular complexity index is 711. The number of aromatic nitrogens is 2. The van der Waals surface area contributed by atoms with E-state index < -0.39 is 0 Å². The van der Waals surface area contributed by atoms with Crippen LogP contribution in [-0.2, 0) is 11.2 Å². The van der Waals surface area contributed by atoms with Gasteiger partial charge >= 0.3 is 0 Å². The van der Waals surface area contributed by atoms with E-state index in [0.29, 0.717) is 11.8 Å². The van der Waals surface area contributed by atoms with Gasteiger partial charge in [0, 0.05) is 18.8 Å². The molecule has 1 aromatic carbocycles.